The third-order valence-corrected chi connectivity index (χ3v) is 4.63. The molecular weight excluding hydrogens is 289 g/mol. The van der Waals surface area contributed by atoms with E-state index in [2.05, 4.69) is 38.1 Å². The smallest absolute Gasteiger partial charge is 0.0643 e. The van der Waals surface area contributed by atoms with Crippen LogP contribution in [0.5, 0.6) is 0 Å². The molecule has 1 nitrogen and oxygen atoms in total. The van der Waals surface area contributed by atoms with Crippen LogP contribution in [0, 0.1) is 0 Å². The first-order chi connectivity index (χ1) is 9.54. The van der Waals surface area contributed by atoms with Crippen molar-refractivity contribution in [3.05, 3.63) is 69.2 Å². The van der Waals surface area contributed by atoms with Crippen LogP contribution in [-0.2, 0) is 0 Å². The number of halogens is 2. The van der Waals surface area contributed by atoms with E-state index in [9.17, 15) is 0 Å². The van der Waals surface area contributed by atoms with E-state index in [1.54, 1.807) is 6.07 Å². The molecule has 0 saturated heterocycles. The van der Waals surface area contributed by atoms with Crippen LogP contribution in [0.4, 0.5) is 0 Å². The van der Waals surface area contributed by atoms with Crippen molar-refractivity contribution in [1.29, 1.82) is 0 Å². The molecule has 2 aromatic carbocycles. The summed E-state index contributed by atoms with van der Waals surface area (Å²) in [6, 6.07) is 13.7. The molecule has 3 heteroatoms. The lowest BCUT2D eigenvalue weighted by atomic mass is 9.94. The minimum absolute atomic E-state index is 0.257. The van der Waals surface area contributed by atoms with Crippen molar-refractivity contribution in [2.75, 3.05) is 0 Å². The van der Waals surface area contributed by atoms with Gasteiger partial charge in [-0.25, -0.2) is 0 Å². The van der Waals surface area contributed by atoms with Crippen LogP contribution >= 0.6 is 23.2 Å². The predicted molar refractivity (Wildman–Crippen MR) is 87.6 cm³/mol. The Bertz CT molecular complexity index is 578. The van der Waals surface area contributed by atoms with Gasteiger partial charge in [0.1, 0.15) is 0 Å². The van der Waals surface area contributed by atoms with E-state index in [4.69, 9.17) is 28.9 Å². The number of nitrogens with two attached hydrogens (primary N) is 1. The maximum atomic E-state index is 6.30. The third-order valence-electron chi connectivity index (χ3n) is 3.79. The highest BCUT2D eigenvalue weighted by molar-refractivity contribution is 6.42. The van der Waals surface area contributed by atoms with Gasteiger partial charge in [0.25, 0.3) is 0 Å². The van der Waals surface area contributed by atoms with Crippen molar-refractivity contribution >= 4 is 23.2 Å². The third kappa shape index (κ3) is 3.17. The van der Waals surface area contributed by atoms with E-state index in [-0.39, 0.29) is 6.04 Å². The van der Waals surface area contributed by atoms with Gasteiger partial charge in [-0.05, 0) is 35.1 Å². The van der Waals surface area contributed by atoms with Crippen molar-refractivity contribution < 1.29 is 0 Å². The van der Waals surface area contributed by atoms with Crippen LogP contribution in [0.1, 0.15) is 48.9 Å². The molecule has 0 aliphatic rings. The van der Waals surface area contributed by atoms with E-state index in [1.807, 2.05) is 12.1 Å². The summed E-state index contributed by atoms with van der Waals surface area (Å²) >= 11 is 12.3. The fraction of sp³-hybridized carbons (Fsp3) is 0.294. The summed E-state index contributed by atoms with van der Waals surface area (Å²) in [5, 5.41) is 1.07. The van der Waals surface area contributed by atoms with Gasteiger partial charge in [0.05, 0.1) is 16.1 Å². The van der Waals surface area contributed by atoms with Crippen molar-refractivity contribution in [3.8, 4) is 0 Å². The predicted octanol–water partition coefficient (Wildman–Crippen LogP) is 5.56. The Kier molecular flexibility index (Phi) is 5.09. The molecule has 0 amide bonds. The Labute approximate surface area is 130 Å². The molecule has 2 rings (SSSR count). The molecule has 0 bridgehead atoms. The molecule has 106 valence electrons. The maximum Gasteiger partial charge on any atom is 0.0643 e. The van der Waals surface area contributed by atoms with Gasteiger partial charge in [-0.15, -0.1) is 0 Å². The summed E-state index contributed by atoms with van der Waals surface area (Å²) in [7, 11) is 0. The van der Waals surface area contributed by atoms with Gasteiger partial charge < -0.3 is 5.73 Å². The topological polar surface area (TPSA) is 26.0 Å². The highest BCUT2D eigenvalue weighted by Gasteiger charge is 2.14. The standard InChI is InChI=1S/C17H19Cl2N/c1-3-11(2)12-7-9-13(10-8-12)17(20)14-5-4-6-15(18)16(14)19/h4-11,17H,3,20H2,1-2H3. The number of rotatable bonds is 4. The molecule has 2 unspecified atom stereocenters. The van der Waals surface area contributed by atoms with Gasteiger partial charge in [0.2, 0.25) is 0 Å². The fourth-order valence-electron chi connectivity index (χ4n) is 2.21. The minimum Gasteiger partial charge on any atom is -0.320 e. The molecule has 0 fully saturated rings. The van der Waals surface area contributed by atoms with Gasteiger partial charge in [-0.2, -0.15) is 0 Å². The fourth-order valence-corrected chi connectivity index (χ4v) is 2.63. The van der Waals surface area contributed by atoms with Crippen LogP contribution in [0.25, 0.3) is 0 Å². The zero-order valence-corrected chi connectivity index (χ0v) is 13.2. The second-order valence-corrected chi connectivity index (χ2v) is 5.88. The Hall–Kier alpha value is -1.02. The first-order valence-corrected chi connectivity index (χ1v) is 7.59. The summed E-state index contributed by atoms with van der Waals surface area (Å²) in [6.45, 7) is 4.42. The van der Waals surface area contributed by atoms with Gasteiger partial charge >= 0.3 is 0 Å². The van der Waals surface area contributed by atoms with Gasteiger partial charge in [-0.3, -0.25) is 0 Å². The first kappa shape index (κ1) is 15.4. The summed E-state index contributed by atoms with van der Waals surface area (Å²) in [6.07, 6.45) is 1.13. The van der Waals surface area contributed by atoms with Crippen LogP contribution in [0.3, 0.4) is 0 Å². The second-order valence-electron chi connectivity index (χ2n) is 5.10. The summed E-state index contributed by atoms with van der Waals surface area (Å²) in [5.41, 5.74) is 9.54. The van der Waals surface area contributed by atoms with Crippen LogP contribution in [0.15, 0.2) is 42.5 Å². The molecule has 0 aromatic heterocycles. The first-order valence-electron chi connectivity index (χ1n) is 6.84. The van der Waals surface area contributed by atoms with Crippen LogP contribution in [0.2, 0.25) is 10.0 Å². The lowest BCUT2D eigenvalue weighted by molar-refractivity contribution is 0.732. The van der Waals surface area contributed by atoms with Crippen molar-refractivity contribution in [2.24, 2.45) is 5.73 Å². The second kappa shape index (κ2) is 6.62. The normalized spacial score (nSPS) is 14.1. The Morgan fingerprint density at radius 1 is 1.00 bits per heavy atom. The van der Waals surface area contributed by atoms with Crippen LogP contribution in [-0.4, -0.2) is 0 Å². The van der Waals surface area contributed by atoms with Crippen molar-refractivity contribution in [3.63, 3.8) is 0 Å². The molecule has 0 aliphatic heterocycles. The van der Waals surface area contributed by atoms with Gasteiger partial charge in [0, 0.05) is 0 Å². The summed E-state index contributed by atoms with van der Waals surface area (Å²) < 4.78 is 0. The molecule has 0 aliphatic carbocycles. The number of benzene rings is 2. The van der Waals surface area contributed by atoms with E-state index >= 15 is 0 Å². The average molecular weight is 308 g/mol. The van der Waals surface area contributed by atoms with Gasteiger partial charge in [-0.1, -0.05) is 73.4 Å². The number of hydrogen-bond acceptors (Lipinski definition) is 1. The van der Waals surface area contributed by atoms with Gasteiger partial charge in [0.15, 0.2) is 0 Å². The van der Waals surface area contributed by atoms with E-state index in [0.717, 1.165) is 17.5 Å². The molecule has 20 heavy (non-hydrogen) atoms. The van der Waals surface area contributed by atoms with E-state index in [1.165, 1.54) is 5.56 Å². The number of hydrogen-bond donors (Lipinski definition) is 1. The molecule has 2 N–H and O–H groups in total. The monoisotopic (exact) mass is 307 g/mol. The average Bonchev–Trinajstić information content (AvgIpc) is 2.48. The molecule has 2 atom stereocenters. The minimum atomic E-state index is -0.257. The highest BCUT2D eigenvalue weighted by Crippen LogP contribution is 2.32. The van der Waals surface area contributed by atoms with Crippen molar-refractivity contribution in [2.45, 2.75) is 32.2 Å². The van der Waals surface area contributed by atoms with E-state index in [0.29, 0.717) is 16.0 Å². The lowest BCUT2D eigenvalue weighted by Gasteiger charge is -2.16. The maximum absolute atomic E-state index is 6.30. The molecular formula is C17H19Cl2N. The Balaban J connectivity index is 2.29. The molecule has 0 saturated carbocycles. The SMILES string of the molecule is CCC(C)c1ccc(C(N)c2cccc(Cl)c2Cl)cc1. The Morgan fingerprint density at radius 3 is 2.20 bits per heavy atom. The van der Waals surface area contributed by atoms with Crippen LogP contribution < -0.4 is 5.73 Å². The van der Waals surface area contributed by atoms with Crippen molar-refractivity contribution in [1.82, 2.24) is 0 Å². The molecule has 0 heterocycles. The Morgan fingerprint density at radius 2 is 1.60 bits per heavy atom. The summed E-state index contributed by atoms with van der Waals surface area (Å²) in [4.78, 5) is 0. The summed E-state index contributed by atoms with van der Waals surface area (Å²) in [5.74, 6) is 0.565. The largest absolute Gasteiger partial charge is 0.320 e. The molecule has 0 spiro atoms. The quantitative estimate of drug-likeness (QED) is 0.786. The lowest BCUT2D eigenvalue weighted by Crippen LogP contribution is -2.12. The highest BCUT2D eigenvalue weighted by atomic mass is 35.5. The molecule has 2 aromatic rings. The molecule has 0 radical (unpaired) electrons. The van der Waals surface area contributed by atoms with E-state index < -0.39 is 0 Å². The zero-order chi connectivity index (χ0) is 14.7. The zero-order valence-electron chi connectivity index (χ0n) is 11.7.